The number of carbonyl (C=O) groups excluding carboxylic acids is 1. The molecule has 5 aliphatic rings. The van der Waals surface area contributed by atoms with Gasteiger partial charge in [0.25, 0.3) is 0 Å². The number of piperidine rings is 2. The number of fused-ring (bicyclic) bond motifs is 3. The Balaban J connectivity index is 0.857. The Labute approximate surface area is 402 Å². The second kappa shape index (κ2) is 20.0. The Morgan fingerprint density at radius 2 is 1.78 bits per heavy atom. The number of hydrogen-bond acceptors (Lipinski definition) is 11. The van der Waals surface area contributed by atoms with Crippen LogP contribution in [0.1, 0.15) is 107 Å². The summed E-state index contributed by atoms with van der Waals surface area (Å²) in [4.78, 5) is 36.4. The number of aromatic nitrogens is 4. The van der Waals surface area contributed by atoms with Crippen molar-refractivity contribution in [3.05, 3.63) is 133 Å². The molecule has 4 aliphatic heterocycles. The van der Waals surface area contributed by atoms with E-state index >= 15 is 0 Å². The van der Waals surface area contributed by atoms with E-state index in [1.165, 1.54) is 5.57 Å². The van der Waals surface area contributed by atoms with Crippen molar-refractivity contribution in [3.63, 3.8) is 0 Å². The molecular formula is C55H70N12O. The highest BCUT2D eigenvalue weighted by atomic mass is 16.1. The smallest absolute Gasteiger partial charge is 0.224 e. The molecule has 2 saturated heterocycles. The standard InChI is InChI=1S/C55H70N12O/c1-35(61-49-29-43(30-58-49)55(5,6)7)27-39-14-16-41(17-15-39)51-52-53(56)59-32-46-13-8-9-24-65(33-36(2)60-44-12-10-11-42(28-44)54(64-51)67(46)52)34-40-22-25-66(26-23-40)45-18-19-47(57-31-45)37(3)62-48-20-21-50(68)63-38(48)4/h8,13-19,29,31-32,40,42,44,48,60,62H,1-4,9-12,20-28,30,33-34H2,5-7H3,(H2,56,59)(H,58,61)(H,63,68)/b13-8+/t42-,44-,48?/m1/s1. The molecule has 0 spiro atoms. The van der Waals surface area contributed by atoms with Crippen LogP contribution in [-0.2, 0) is 11.2 Å². The van der Waals surface area contributed by atoms with Crippen molar-refractivity contribution < 1.29 is 4.79 Å². The minimum absolute atomic E-state index is 0.0117. The predicted octanol–water partition coefficient (Wildman–Crippen LogP) is 8.52. The van der Waals surface area contributed by atoms with E-state index in [9.17, 15) is 4.79 Å². The van der Waals surface area contributed by atoms with Gasteiger partial charge in [0.05, 0.1) is 47.8 Å². The average molecular weight is 915 g/mol. The number of pyridine rings is 1. The van der Waals surface area contributed by atoms with Crippen molar-refractivity contribution in [2.45, 2.75) is 103 Å². The molecule has 7 heterocycles. The molecule has 1 saturated carbocycles. The highest BCUT2D eigenvalue weighted by molar-refractivity contribution is 5.97. The first-order valence-electron chi connectivity index (χ1n) is 24.7. The van der Waals surface area contributed by atoms with Crippen LogP contribution in [0.2, 0.25) is 0 Å². The molecule has 1 unspecified atom stereocenters. The van der Waals surface area contributed by atoms with Gasteiger partial charge < -0.3 is 31.9 Å². The first-order chi connectivity index (χ1) is 32.7. The number of anilines is 2. The Hall–Kier alpha value is -6.47. The van der Waals surface area contributed by atoms with E-state index < -0.39 is 0 Å². The molecule has 6 N–H and O–H groups in total. The summed E-state index contributed by atoms with van der Waals surface area (Å²) in [7, 11) is 0. The van der Waals surface area contributed by atoms with Gasteiger partial charge in [0.1, 0.15) is 28.7 Å². The lowest BCUT2D eigenvalue weighted by molar-refractivity contribution is -0.121. The molecule has 3 atom stereocenters. The van der Waals surface area contributed by atoms with Gasteiger partial charge in [-0.3, -0.25) is 24.1 Å². The highest BCUT2D eigenvalue weighted by Crippen LogP contribution is 2.39. The summed E-state index contributed by atoms with van der Waals surface area (Å²) in [5.41, 5.74) is 18.5. The molecule has 3 fully saturated rings. The SMILES string of the molecule is C=C(Cc1ccc(-c2nc3n4c(cnc(N)c24)/C=C/CCN(CC2CCN(c4ccc(C(=C)NC5CCC(=O)NC5=C)nc4)CC2)CC(=C)N[C@@H]2CCC[C@@H]3C2)cc1)NC1=NCC(C(C)(C)C)=C1. The minimum Gasteiger partial charge on any atom is -0.385 e. The average Bonchev–Trinajstić information content (AvgIpc) is 3.97. The van der Waals surface area contributed by atoms with Crippen LogP contribution in [-0.4, -0.2) is 87.3 Å². The third-order valence-corrected chi connectivity index (χ3v) is 14.4. The maximum atomic E-state index is 11.7. The van der Waals surface area contributed by atoms with Gasteiger partial charge in [0, 0.05) is 80.2 Å². The zero-order chi connectivity index (χ0) is 47.5. The lowest BCUT2D eigenvalue weighted by atomic mass is 9.85. The lowest BCUT2D eigenvalue weighted by Gasteiger charge is -2.37. The van der Waals surface area contributed by atoms with Crippen LogP contribution in [0.5, 0.6) is 0 Å². The molecule has 68 heavy (non-hydrogen) atoms. The van der Waals surface area contributed by atoms with Gasteiger partial charge in [-0.05, 0) is 91.7 Å². The van der Waals surface area contributed by atoms with E-state index in [1.54, 1.807) is 0 Å². The van der Waals surface area contributed by atoms with Gasteiger partial charge in [0.2, 0.25) is 5.91 Å². The molecule has 13 nitrogen and oxygen atoms in total. The number of aliphatic imine (C=N–C) groups is 1. The number of benzene rings is 1. The second-order valence-electron chi connectivity index (χ2n) is 20.6. The van der Waals surface area contributed by atoms with E-state index in [0.29, 0.717) is 42.7 Å². The van der Waals surface area contributed by atoms with Crippen LogP contribution in [0.4, 0.5) is 11.5 Å². The number of imidazole rings is 1. The maximum absolute atomic E-state index is 11.7. The Morgan fingerprint density at radius 3 is 2.51 bits per heavy atom. The Kier molecular flexibility index (Phi) is 13.7. The van der Waals surface area contributed by atoms with Crippen molar-refractivity contribution in [2.24, 2.45) is 16.3 Å². The molecule has 3 aromatic heterocycles. The summed E-state index contributed by atoms with van der Waals surface area (Å²) in [5, 5.41) is 13.6. The van der Waals surface area contributed by atoms with Crippen molar-refractivity contribution in [2.75, 3.05) is 49.9 Å². The molecule has 1 aromatic carbocycles. The molecule has 0 radical (unpaired) electrons. The third-order valence-electron chi connectivity index (χ3n) is 14.4. The number of amidine groups is 1. The normalized spacial score (nSPS) is 22.4. The lowest BCUT2D eigenvalue weighted by Crippen LogP contribution is -2.42. The van der Waals surface area contributed by atoms with Crippen LogP contribution >= 0.6 is 0 Å². The predicted molar refractivity (Wildman–Crippen MR) is 278 cm³/mol. The summed E-state index contributed by atoms with van der Waals surface area (Å²) >= 11 is 0. The van der Waals surface area contributed by atoms with Gasteiger partial charge in [-0.25, -0.2) is 9.97 Å². The summed E-state index contributed by atoms with van der Waals surface area (Å²) < 4.78 is 2.29. The molecule has 356 valence electrons. The molecular weight excluding hydrogens is 845 g/mol. The number of nitrogens with one attached hydrogen (secondary N) is 4. The number of nitrogens with zero attached hydrogens (tertiary/aromatic N) is 7. The molecule has 9 rings (SSSR count). The third kappa shape index (κ3) is 10.8. The molecule has 2 bridgehead atoms. The molecule has 1 amide bonds. The maximum Gasteiger partial charge on any atom is 0.224 e. The number of nitrogen functional groups attached to an aromatic ring is 1. The zero-order valence-electron chi connectivity index (χ0n) is 40.4. The highest BCUT2D eigenvalue weighted by Gasteiger charge is 2.31. The minimum atomic E-state index is -0.0451. The topological polar surface area (TPSA) is 153 Å². The number of hydrogen-bond donors (Lipinski definition) is 5. The summed E-state index contributed by atoms with van der Waals surface area (Å²) in [6.07, 6.45) is 19.8. The number of rotatable bonds is 10. The number of nitrogens with two attached hydrogens (primary N) is 1. The van der Waals surface area contributed by atoms with Gasteiger partial charge in [-0.15, -0.1) is 0 Å². The number of allylic oxidation sites excluding steroid dienone is 1. The monoisotopic (exact) mass is 915 g/mol. The fraction of sp³-hybridized carbons (Fsp3) is 0.436. The van der Waals surface area contributed by atoms with Crippen LogP contribution < -0.4 is 31.9 Å². The fourth-order valence-corrected chi connectivity index (χ4v) is 10.6. The summed E-state index contributed by atoms with van der Waals surface area (Å²) in [6, 6.07) is 13.1. The quantitative estimate of drug-likeness (QED) is 0.105. The Bertz CT molecular complexity index is 2660. The number of carbonyl (C=O) groups is 1. The summed E-state index contributed by atoms with van der Waals surface area (Å²) in [6.45, 7) is 29.3. The van der Waals surface area contributed by atoms with Crippen LogP contribution in [0.25, 0.3) is 28.5 Å². The van der Waals surface area contributed by atoms with E-state index in [1.807, 2.05) is 18.5 Å². The molecule has 4 aromatic rings. The molecule has 1 aliphatic carbocycles. The van der Waals surface area contributed by atoms with Crippen molar-refractivity contribution in [1.29, 1.82) is 0 Å². The first kappa shape index (κ1) is 46.6. The van der Waals surface area contributed by atoms with E-state index in [4.69, 9.17) is 25.7 Å². The van der Waals surface area contributed by atoms with Crippen LogP contribution in [0, 0.1) is 11.3 Å². The summed E-state index contributed by atoms with van der Waals surface area (Å²) in [5.74, 6) is 3.28. The van der Waals surface area contributed by atoms with E-state index in [0.717, 1.165) is 152 Å². The fourth-order valence-electron chi connectivity index (χ4n) is 10.6. The van der Waals surface area contributed by atoms with Gasteiger partial charge in [0.15, 0.2) is 0 Å². The van der Waals surface area contributed by atoms with Crippen LogP contribution in [0.15, 0.2) is 115 Å². The van der Waals surface area contributed by atoms with Gasteiger partial charge >= 0.3 is 0 Å². The second-order valence-corrected chi connectivity index (χ2v) is 20.6. The van der Waals surface area contributed by atoms with Gasteiger partial charge in [-0.2, -0.15) is 0 Å². The Morgan fingerprint density at radius 1 is 0.971 bits per heavy atom. The van der Waals surface area contributed by atoms with E-state index in [2.05, 4.69) is 131 Å². The van der Waals surface area contributed by atoms with Crippen molar-refractivity contribution in [1.82, 2.24) is 45.5 Å². The van der Waals surface area contributed by atoms with Crippen molar-refractivity contribution >= 4 is 40.5 Å². The van der Waals surface area contributed by atoms with Crippen LogP contribution in [0.3, 0.4) is 0 Å². The van der Waals surface area contributed by atoms with E-state index in [-0.39, 0.29) is 23.3 Å². The largest absolute Gasteiger partial charge is 0.385 e. The molecule has 13 heteroatoms. The van der Waals surface area contributed by atoms with Gasteiger partial charge in [-0.1, -0.05) is 83.8 Å². The zero-order valence-corrected chi connectivity index (χ0v) is 40.4. The number of amides is 1. The first-order valence-corrected chi connectivity index (χ1v) is 24.7. The van der Waals surface area contributed by atoms with Crippen molar-refractivity contribution in [3.8, 4) is 11.3 Å².